The zero-order valence-electron chi connectivity index (χ0n) is 12.3. The van der Waals surface area contributed by atoms with Crippen molar-refractivity contribution in [2.75, 3.05) is 18.0 Å². The molecule has 1 aromatic heterocycles. The summed E-state index contributed by atoms with van der Waals surface area (Å²) in [5.74, 6) is 0.255. The van der Waals surface area contributed by atoms with E-state index in [1.165, 1.54) is 6.07 Å². The predicted molar refractivity (Wildman–Crippen MR) is 77.3 cm³/mol. The third-order valence-corrected chi connectivity index (χ3v) is 6.08. The van der Waals surface area contributed by atoms with Crippen molar-refractivity contribution in [2.24, 2.45) is 0 Å². The van der Waals surface area contributed by atoms with E-state index in [0.717, 1.165) is 31.7 Å². The highest BCUT2D eigenvalue weighted by Gasteiger charge is 2.40. The van der Waals surface area contributed by atoms with Crippen molar-refractivity contribution in [1.82, 2.24) is 14.9 Å². The number of nitrogens with one attached hydrogen (secondary N) is 1. The van der Waals surface area contributed by atoms with E-state index in [9.17, 15) is 21.6 Å². The summed E-state index contributed by atoms with van der Waals surface area (Å²) in [5.41, 5.74) is -1.06. The molecule has 10 heteroatoms. The molecule has 1 aromatic rings. The van der Waals surface area contributed by atoms with Crippen LogP contribution in [0.1, 0.15) is 31.4 Å². The summed E-state index contributed by atoms with van der Waals surface area (Å²) in [5, 5.41) is 6.11. The molecule has 3 rings (SSSR count). The lowest BCUT2D eigenvalue weighted by Crippen LogP contribution is -2.59. The Balaban J connectivity index is 1.58. The monoisotopic (exact) mass is 350 g/mol. The van der Waals surface area contributed by atoms with Crippen LogP contribution in [-0.4, -0.2) is 43.0 Å². The number of nitrogens with zero attached hydrogens (tertiary/aromatic N) is 3. The van der Waals surface area contributed by atoms with Crippen molar-refractivity contribution >= 4 is 15.8 Å². The van der Waals surface area contributed by atoms with Crippen molar-refractivity contribution in [2.45, 2.75) is 43.2 Å². The number of sulfonamides is 1. The molecule has 1 N–H and O–H groups in total. The fraction of sp³-hybridized carbons (Fsp3) is 0.692. The molecule has 0 spiro atoms. The van der Waals surface area contributed by atoms with Gasteiger partial charge in [0.2, 0.25) is 10.0 Å². The summed E-state index contributed by atoms with van der Waals surface area (Å²) in [6.45, 7) is 0.421. The van der Waals surface area contributed by atoms with Crippen molar-refractivity contribution in [1.29, 1.82) is 0 Å². The molecule has 1 saturated heterocycles. The second kappa shape index (κ2) is 5.90. The maximum atomic E-state index is 12.4. The van der Waals surface area contributed by atoms with Gasteiger partial charge in [-0.3, -0.25) is 0 Å². The van der Waals surface area contributed by atoms with Crippen LogP contribution in [0.15, 0.2) is 12.1 Å². The van der Waals surface area contributed by atoms with Crippen LogP contribution in [0.2, 0.25) is 0 Å². The average molecular weight is 350 g/mol. The van der Waals surface area contributed by atoms with Crippen molar-refractivity contribution in [3.63, 3.8) is 0 Å². The molecule has 0 radical (unpaired) electrons. The predicted octanol–water partition coefficient (Wildman–Crippen LogP) is 1.55. The molecule has 0 bridgehead atoms. The summed E-state index contributed by atoms with van der Waals surface area (Å²) >= 11 is 0. The number of aromatic nitrogens is 2. The minimum atomic E-state index is -4.53. The van der Waals surface area contributed by atoms with Crippen LogP contribution in [0.5, 0.6) is 0 Å². The quantitative estimate of drug-likeness (QED) is 0.892. The Labute approximate surface area is 132 Å². The summed E-state index contributed by atoms with van der Waals surface area (Å²) < 4.78 is 64.4. The summed E-state index contributed by atoms with van der Waals surface area (Å²) in [7, 11) is -3.40. The molecular weight excluding hydrogens is 333 g/mol. The fourth-order valence-corrected chi connectivity index (χ4v) is 4.48. The number of anilines is 1. The van der Waals surface area contributed by atoms with Crippen LogP contribution in [-0.2, 0) is 16.2 Å². The lowest BCUT2D eigenvalue weighted by molar-refractivity contribution is -0.141. The first-order valence-electron chi connectivity index (χ1n) is 7.43. The molecule has 6 nitrogen and oxygen atoms in total. The second-order valence-corrected chi connectivity index (χ2v) is 7.94. The van der Waals surface area contributed by atoms with E-state index in [-0.39, 0.29) is 24.9 Å². The van der Waals surface area contributed by atoms with Gasteiger partial charge in [0.15, 0.2) is 11.5 Å². The minimum Gasteiger partial charge on any atom is -0.352 e. The van der Waals surface area contributed by atoms with E-state index < -0.39 is 27.1 Å². The van der Waals surface area contributed by atoms with Gasteiger partial charge >= 0.3 is 6.18 Å². The maximum absolute atomic E-state index is 12.4. The van der Waals surface area contributed by atoms with Crippen LogP contribution in [0.25, 0.3) is 0 Å². The molecule has 1 aliphatic heterocycles. The van der Waals surface area contributed by atoms with Gasteiger partial charge in [-0.1, -0.05) is 12.8 Å². The van der Waals surface area contributed by atoms with Crippen LogP contribution in [0, 0.1) is 0 Å². The number of alkyl halides is 3. The summed E-state index contributed by atoms with van der Waals surface area (Å²) in [6.07, 6.45) is -0.742. The lowest BCUT2D eigenvalue weighted by Gasteiger charge is -2.39. The first kappa shape index (κ1) is 16.4. The highest BCUT2D eigenvalue weighted by molar-refractivity contribution is 7.90. The van der Waals surface area contributed by atoms with Gasteiger partial charge in [0.25, 0.3) is 0 Å². The molecular formula is C13H17F3N4O2S. The third kappa shape index (κ3) is 3.57. The molecule has 128 valence electrons. The van der Waals surface area contributed by atoms with Crippen LogP contribution in [0.4, 0.5) is 19.0 Å². The van der Waals surface area contributed by atoms with E-state index in [2.05, 4.69) is 14.9 Å². The fourth-order valence-electron chi connectivity index (χ4n) is 2.84. The highest BCUT2D eigenvalue weighted by Crippen LogP contribution is 2.29. The lowest BCUT2D eigenvalue weighted by atomic mass is 10.2. The zero-order valence-corrected chi connectivity index (χ0v) is 13.1. The molecule has 1 aliphatic carbocycles. The summed E-state index contributed by atoms with van der Waals surface area (Å²) in [4.78, 5) is 1.60. The van der Waals surface area contributed by atoms with Crippen molar-refractivity contribution < 1.29 is 21.6 Å². The Morgan fingerprint density at radius 3 is 2.30 bits per heavy atom. The second-order valence-electron chi connectivity index (χ2n) is 5.95. The number of hydrogen-bond donors (Lipinski definition) is 1. The van der Waals surface area contributed by atoms with Crippen molar-refractivity contribution in [3.05, 3.63) is 17.8 Å². The van der Waals surface area contributed by atoms with E-state index in [1.54, 1.807) is 4.90 Å². The Morgan fingerprint density at radius 2 is 1.78 bits per heavy atom. The van der Waals surface area contributed by atoms with E-state index in [0.29, 0.717) is 0 Å². The molecule has 2 heterocycles. The SMILES string of the molecule is O=S(=O)(NC1CCCC1)C1CN(c2ccc(C(F)(F)F)nn2)C1. The number of halogens is 3. The average Bonchev–Trinajstić information content (AvgIpc) is 2.88. The highest BCUT2D eigenvalue weighted by atomic mass is 32.2. The van der Waals surface area contributed by atoms with Gasteiger partial charge in [0.05, 0.1) is 0 Å². The Bertz CT molecular complexity index is 651. The first-order chi connectivity index (χ1) is 10.8. The van der Waals surface area contributed by atoms with Crippen LogP contribution < -0.4 is 9.62 Å². The van der Waals surface area contributed by atoms with Gasteiger partial charge in [0, 0.05) is 19.1 Å². The molecule has 0 amide bonds. The molecule has 0 unspecified atom stereocenters. The molecule has 2 fully saturated rings. The number of rotatable bonds is 4. The molecule has 0 atom stereocenters. The third-order valence-electron chi connectivity index (χ3n) is 4.24. The first-order valence-corrected chi connectivity index (χ1v) is 8.97. The molecule has 23 heavy (non-hydrogen) atoms. The van der Waals surface area contributed by atoms with Gasteiger partial charge < -0.3 is 4.90 Å². The summed E-state index contributed by atoms with van der Waals surface area (Å²) in [6, 6.07) is 2.07. The maximum Gasteiger partial charge on any atom is 0.435 e. The zero-order chi connectivity index (χ0) is 16.7. The largest absolute Gasteiger partial charge is 0.435 e. The number of hydrogen-bond acceptors (Lipinski definition) is 5. The molecule has 1 saturated carbocycles. The van der Waals surface area contributed by atoms with Crippen LogP contribution in [0.3, 0.4) is 0 Å². The van der Waals surface area contributed by atoms with Gasteiger partial charge in [-0.05, 0) is 25.0 Å². The molecule has 0 aromatic carbocycles. The van der Waals surface area contributed by atoms with E-state index >= 15 is 0 Å². The van der Waals surface area contributed by atoms with Crippen LogP contribution >= 0.6 is 0 Å². The van der Waals surface area contributed by atoms with Crippen molar-refractivity contribution in [3.8, 4) is 0 Å². The topological polar surface area (TPSA) is 75.2 Å². The van der Waals surface area contributed by atoms with Gasteiger partial charge in [-0.25, -0.2) is 13.1 Å². The normalized spacial score (nSPS) is 20.7. The Morgan fingerprint density at radius 1 is 1.13 bits per heavy atom. The standard InChI is InChI=1S/C13H17F3N4O2S/c14-13(15,16)11-5-6-12(18-17-11)20-7-10(8-20)23(21,22)19-9-3-1-2-4-9/h5-6,9-10,19H,1-4,7-8H2. The van der Waals surface area contributed by atoms with E-state index in [1.807, 2.05) is 0 Å². The Kier molecular flexibility index (Phi) is 4.21. The Hall–Kier alpha value is -1.42. The van der Waals surface area contributed by atoms with Gasteiger partial charge in [-0.2, -0.15) is 13.2 Å². The van der Waals surface area contributed by atoms with E-state index in [4.69, 9.17) is 0 Å². The van der Waals surface area contributed by atoms with Gasteiger partial charge in [0.1, 0.15) is 5.25 Å². The minimum absolute atomic E-state index is 0.0138. The smallest absolute Gasteiger partial charge is 0.352 e. The van der Waals surface area contributed by atoms with Gasteiger partial charge in [-0.15, -0.1) is 10.2 Å². The molecule has 2 aliphatic rings.